The smallest absolute Gasteiger partial charge is 0.276 e. The molecule has 5 heteroatoms. The lowest BCUT2D eigenvalue weighted by Gasteiger charge is -2.41. The van der Waals surface area contributed by atoms with Crippen LogP contribution in [0.5, 0.6) is 0 Å². The van der Waals surface area contributed by atoms with Gasteiger partial charge in [-0.15, -0.1) is 0 Å². The van der Waals surface area contributed by atoms with Gasteiger partial charge in [0.15, 0.2) is 5.69 Å². The molecule has 0 spiro atoms. The monoisotopic (exact) mass is 325 g/mol. The first kappa shape index (κ1) is 15.4. The molecule has 0 saturated carbocycles. The third kappa shape index (κ3) is 2.96. The van der Waals surface area contributed by atoms with Crippen molar-refractivity contribution >= 4 is 5.91 Å². The highest BCUT2D eigenvalue weighted by Gasteiger charge is 2.29. The number of carbonyl (C=O) groups is 1. The minimum absolute atomic E-state index is 0.0134. The van der Waals surface area contributed by atoms with Crippen LogP contribution in [0, 0.1) is 6.92 Å². The van der Waals surface area contributed by atoms with Crippen molar-refractivity contribution in [1.29, 1.82) is 0 Å². The molecule has 1 unspecified atom stereocenters. The number of piperazine rings is 1. The normalized spacial score (nSPS) is 21.5. The van der Waals surface area contributed by atoms with Crippen LogP contribution < -0.4 is 0 Å². The summed E-state index contributed by atoms with van der Waals surface area (Å²) in [5.74, 6) is 0.665. The van der Waals surface area contributed by atoms with E-state index >= 15 is 0 Å². The van der Waals surface area contributed by atoms with Crippen LogP contribution in [0.15, 0.2) is 34.9 Å². The molecule has 4 rings (SSSR count). The van der Waals surface area contributed by atoms with Gasteiger partial charge in [-0.1, -0.05) is 29.4 Å². The Morgan fingerprint density at radius 3 is 2.62 bits per heavy atom. The fourth-order valence-electron chi connectivity index (χ4n) is 3.91. The maximum absolute atomic E-state index is 12.4. The van der Waals surface area contributed by atoms with Gasteiger partial charge in [0.05, 0.1) is 0 Å². The van der Waals surface area contributed by atoms with Crippen molar-refractivity contribution in [3.63, 3.8) is 0 Å². The molecule has 1 aliphatic carbocycles. The maximum atomic E-state index is 12.4. The number of fused-ring (bicyclic) bond motifs is 1. The van der Waals surface area contributed by atoms with Crippen LogP contribution >= 0.6 is 0 Å². The standard InChI is InChI=1S/C19H23N3O2/c1-14-12-18(20-24-14)19(23)22-10-8-21(9-11-22)17-7-6-15-4-2-3-5-16(15)13-17/h2-5,12,17H,6-11,13H2,1H3. The molecule has 0 bridgehead atoms. The molecular formula is C19H23N3O2. The Kier molecular flexibility index (Phi) is 4.10. The second-order valence-corrected chi connectivity index (χ2v) is 6.82. The third-order valence-corrected chi connectivity index (χ3v) is 5.29. The second-order valence-electron chi connectivity index (χ2n) is 6.82. The van der Waals surface area contributed by atoms with E-state index in [9.17, 15) is 4.79 Å². The van der Waals surface area contributed by atoms with E-state index in [1.807, 2.05) is 11.8 Å². The number of amides is 1. The Bertz CT molecular complexity index is 732. The number of benzene rings is 1. The van der Waals surface area contributed by atoms with E-state index < -0.39 is 0 Å². The molecule has 126 valence electrons. The third-order valence-electron chi connectivity index (χ3n) is 5.29. The molecule has 1 saturated heterocycles. The Morgan fingerprint density at radius 2 is 1.92 bits per heavy atom. The molecule has 2 heterocycles. The number of aryl methyl sites for hydroxylation is 2. The van der Waals surface area contributed by atoms with Crippen molar-refractivity contribution in [2.45, 2.75) is 32.2 Å². The molecule has 2 aromatic rings. The molecule has 1 atom stereocenters. The van der Waals surface area contributed by atoms with Gasteiger partial charge in [-0.2, -0.15) is 0 Å². The first-order valence-corrected chi connectivity index (χ1v) is 8.74. The average Bonchev–Trinajstić information content (AvgIpc) is 3.07. The summed E-state index contributed by atoms with van der Waals surface area (Å²) in [6, 6.07) is 11.1. The maximum Gasteiger partial charge on any atom is 0.276 e. The van der Waals surface area contributed by atoms with Gasteiger partial charge in [-0.05, 0) is 37.3 Å². The van der Waals surface area contributed by atoms with E-state index in [2.05, 4.69) is 34.3 Å². The summed E-state index contributed by atoms with van der Waals surface area (Å²) in [5, 5.41) is 3.84. The summed E-state index contributed by atoms with van der Waals surface area (Å²) in [6.07, 6.45) is 3.51. The molecule has 5 nitrogen and oxygen atoms in total. The van der Waals surface area contributed by atoms with Crippen molar-refractivity contribution in [3.05, 3.63) is 52.9 Å². The van der Waals surface area contributed by atoms with Crippen molar-refractivity contribution < 1.29 is 9.32 Å². The van der Waals surface area contributed by atoms with Gasteiger partial charge < -0.3 is 9.42 Å². The topological polar surface area (TPSA) is 49.6 Å². The van der Waals surface area contributed by atoms with E-state index in [1.54, 1.807) is 6.07 Å². The molecule has 0 N–H and O–H groups in total. The number of carbonyl (C=O) groups excluding carboxylic acids is 1. The van der Waals surface area contributed by atoms with E-state index in [4.69, 9.17) is 4.52 Å². The highest BCUT2D eigenvalue weighted by atomic mass is 16.5. The van der Waals surface area contributed by atoms with E-state index in [0.717, 1.165) is 39.0 Å². The Balaban J connectivity index is 1.36. The largest absolute Gasteiger partial charge is 0.361 e. The van der Waals surface area contributed by atoms with Gasteiger partial charge in [-0.25, -0.2) is 0 Å². The molecule has 1 fully saturated rings. The molecule has 1 aromatic carbocycles. The van der Waals surface area contributed by atoms with Crippen LogP contribution in [0.3, 0.4) is 0 Å². The molecule has 1 aliphatic heterocycles. The quantitative estimate of drug-likeness (QED) is 0.850. The SMILES string of the molecule is Cc1cc(C(=O)N2CCN(C3CCc4ccccc4C3)CC2)no1. The van der Waals surface area contributed by atoms with Crippen LogP contribution in [0.2, 0.25) is 0 Å². The fraction of sp³-hybridized carbons (Fsp3) is 0.474. The number of nitrogens with zero attached hydrogens (tertiary/aromatic N) is 3. The first-order valence-electron chi connectivity index (χ1n) is 8.74. The van der Waals surface area contributed by atoms with E-state index in [-0.39, 0.29) is 5.91 Å². The van der Waals surface area contributed by atoms with Crippen molar-refractivity contribution in [3.8, 4) is 0 Å². The lowest BCUT2D eigenvalue weighted by Crippen LogP contribution is -2.53. The summed E-state index contributed by atoms with van der Waals surface area (Å²) in [4.78, 5) is 16.9. The van der Waals surface area contributed by atoms with Gasteiger partial charge in [0.25, 0.3) is 5.91 Å². The van der Waals surface area contributed by atoms with Crippen LogP contribution in [-0.4, -0.2) is 53.1 Å². The van der Waals surface area contributed by atoms with Gasteiger partial charge in [0.1, 0.15) is 5.76 Å². The van der Waals surface area contributed by atoms with E-state index in [0.29, 0.717) is 17.5 Å². The van der Waals surface area contributed by atoms with Crippen molar-refractivity contribution in [2.75, 3.05) is 26.2 Å². The first-order chi connectivity index (χ1) is 11.7. The van der Waals surface area contributed by atoms with Crippen molar-refractivity contribution in [1.82, 2.24) is 15.0 Å². The predicted molar refractivity (Wildman–Crippen MR) is 91.0 cm³/mol. The highest BCUT2D eigenvalue weighted by molar-refractivity contribution is 5.92. The van der Waals surface area contributed by atoms with E-state index in [1.165, 1.54) is 17.5 Å². The zero-order chi connectivity index (χ0) is 16.5. The minimum atomic E-state index is -0.0134. The molecular weight excluding hydrogens is 302 g/mol. The lowest BCUT2D eigenvalue weighted by molar-refractivity contribution is 0.0544. The summed E-state index contributed by atoms with van der Waals surface area (Å²) in [7, 11) is 0. The van der Waals surface area contributed by atoms with Crippen LogP contribution in [0.1, 0.15) is 33.8 Å². The van der Waals surface area contributed by atoms with Crippen molar-refractivity contribution in [2.24, 2.45) is 0 Å². The Hall–Kier alpha value is -2.14. The lowest BCUT2D eigenvalue weighted by atomic mass is 9.87. The number of hydrogen-bond donors (Lipinski definition) is 0. The number of rotatable bonds is 2. The molecule has 1 amide bonds. The summed E-state index contributed by atoms with van der Waals surface area (Å²) in [6.45, 7) is 5.22. The molecule has 24 heavy (non-hydrogen) atoms. The minimum Gasteiger partial charge on any atom is -0.361 e. The second kappa shape index (κ2) is 6.40. The zero-order valence-electron chi connectivity index (χ0n) is 14.1. The van der Waals surface area contributed by atoms with Gasteiger partial charge in [-0.3, -0.25) is 9.69 Å². The van der Waals surface area contributed by atoms with Crippen LogP contribution in [0.4, 0.5) is 0 Å². The molecule has 0 radical (unpaired) electrons. The molecule has 2 aliphatic rings. The Labute approximate surface area is 142 Å². The number of hydrogen-bond acceptors (Lipinski definition) is 4. The van der Waals surface area contributed by atoms with Crippen LogP contribution in [0.25, 0.3) is 0 Å². The zero-order valence-corrected chi connectivity index (χ0v) is 14.1. The fourth-order valence-corrected chi connectivity index (χ4v) is 3.91. The Morgan fingerprint density at radius 1 is 1.17 bits per heavy atom. The van der Waals surface area contributed by atoms with Crippen LogP contribution in [-0.2, 0) is 12.8 Å². The van der Waals surface area contributed by atoms with Gasteiger partial charge >= 0.3 is 0 Å². The summed E-state index contributed by atoms with van der Waals surface area (Å²) in [5.41, 5.74) is 3.42. The molecule has 1 aromatic heterocycles. The van der Waals surface area contributed by atoms with Gasteiger partial charge in [0.2, 0.25) is 0 Å². The average molecular weight is 325 g/mol. The highest BCUT2D eigenvalue weighted by Crippen LogP contribution is 2.25. The predicted octanol–water partition coefficient (Wildman–Crippen LogP) is 2.30. The summed E-state index contributed by atoms with van der Waals surface area (Å²) < 4.78 is 5.02. The number of aromatic nitrogens is 1. The summed E-state index contributed by atoms with van der Waals surface area (Å²) >= 11 is 0. The van der Waals surface area contributed by atoms with Gasteiger partial charge in [0, 0.05) is 38.3 Å².